The largest absolute Gasteiger partial charge is 0.354 e. The van der Waals surface area contributed by atoms with Crippen LogP contribution in [0.3, 0.4) is 0 Å². The van der Waals surface area contributed by atoms with Crippen LogP contribution < -0.4 is 5.32 Å². The van der Waals surface area contributed by atoms with Crippen molar-refractivity contribution in [2.45, 2.75) is 26.3 Å². The van der Waals surface area contributed by atoms with Gasteiger partial charge in [-0.3, -0.25) is 4.99 Å². The van der Waals surface area contributed by atoms with Crippen LogP contribution in [0.2, 0.25) is 0 Å². The molecule has 0 saturated heterocycles. The van der Waals surface area contributed by atoms with Gasteiger partial charge in [-0.1, -0.05) is 18.2 Å². The third kappa shape index (κ3) is 5.22. The highest BCUT2D eigenvalue weighted by atomic mass is 127. The number of hydrogen-bond acceptors (Lipinski definition) is 2. The normalized spacial score (nSPS) is 11.2. The summed E-state index contributed by atoms with van der Waals surface area (Å²) in [5, 5.41) is 3.43. The number of aryl methyl sites for hydroxylation is 1. The van der Waals surface area contributed by atoms with E-state index in [0.717, 1.165) is 49.8 Å². The lowest BCUT2D eigenvalue weighted by molar-refractivity contribution is 0.467. The summed E-state index contributed by atoms with van der Waals surface area (Å²) in [6.45, 7) is 8.47. The van der Waals surface area contributed by atoms with Crippen LogP contribution in [0.4, 0.5) is 0 Å². The maximum atomic E-state index is 4.60. The molecule has 2 aromatic rings. The zero-order valence-electron chi connectivity index (χ0n) is 14.8. The van der Waals surface area contributed by atoms with Crippen LogP contribution in [0.15, 0.2) is 41.9 Å². The number of fused-ring (bicyclic) bond motifs is 1. The molecule has 0 spiro atoms. The molecular weight excluding hydrogens is 413 g/mol. The predicted octanol–water partition coefficient (Wildman–Crippen LogP) is 3.44. The van der Waals surface area contributed by atoms with E-state index in [1.807, 2.05) is 19.2 Å². The minimum absolute atomic E-state index is 0. The second-order valence-electron chi connectivity index (χ2n) is 5.63. The van der Waals surface area contributed by atoms with Gasteiger partial charge in [0.2, 0.25) is 0 Å². The number of imidazole rings is 1. The Hall–Kier alpha value is -1.57. The average molecular weight is 441 g/mol. The highest BCUT2D eigenvalue weighted by Crippen LogP contribution is 2.14. The molecule has 2 rings (SSSR count). The highest BCUT2D eigenvalue weighted by Gasteiger charge is 2.08. The second kappa shape index (κ2) is 10.3. The molecule has 0 radical (unpaired) electrons. The van der Waals surface area contributed by atoms with E-state index in [-0.39, 0.29) is 24.0 Å². The third-order valence-corrected chi connectivity index (χ3v) is 3.94. The van der Waals surface area contributed by atoms with Crippen LogP contribution in [0.25, 0.3) is 11.0 Å². The van der Waals surface area contributed by atoms with E-state index < -0.39 is 0 Å². The number of para-hydroxylation sites is 2. The molecule has 1 N–H and O–H groups in total. The van der Waals surface area contributed by atoms with Gasteiger partial charge in [0.25, 0.3) is 0 Å². The number of unbranched alkanes of at least 4 members (excludes halogenated alkanes) is 1. The van der Waals surface area contributed by atoms with Crippen molar-refractivity contribution in [1.82, 2.24) is 19.8 Å². The second-order valence-corrected chi connectivity index (χ2v) is 5.63. The Morgan fingerprint density at radius 2 is 2.17 bits per heavy atom. The van der Waals surface area contributed by atoms with Crippen LogP contribution >= 0.6 is 24.0 Å². The Labute approximate surface area is 161 Å². The molecule has 1 aromatic heterocycles. The fourth-order valence-electron chi connectivity index (χ4n) is 2.72. The molecule has 6 heteroatoms. The van der Waals surface area contributed by atoms with Crippen molar-refractivity contribution in [3.63, 3.8) is 0 Å². The topological polar surface area (TPSA) is 45.5 Å². The number of allylic oxidation sites excluding steroid dienone is 1. The first-order valence-electron chi connectivity index (χ1n) is 8.12. The summed E-state index contributed by atoms with van der Waals surface area (Å²) in [6, 6.07) is 8.25. The van der Waals surface area contributed by atoms with E-state index >= 15 is 0 Å². The zero-order valence-corrected chi connectivity index (χ0v) is 17.2. The van der Waals surface area contributed by atoms with E-state index in [1.54, 1.807) is 0 Å². The standard InChI is InChI=1S/C18H27N5.HI/c1-5-6-9-13-22(4)18(19-3)20-12-14-23-15(2)21-16-10-7-8-11-17(16)23;/h5,7-8,10-11H,1,6,9,12-14H2,2-4H3,(H,19,20);1H. The number of aromatic nitrogens is 2. The van der Waals surface area contributed by atoms with E-state index in [2.05, 4.69) is 63.5 Å². The van der Waals surface area contributed by atoms with Gasteiger partial charge in [-0.2, -0.15) is 0 Å². The smallest absolute Gasteiger partial charge is 0.193 e. The molecule has 0 bridgehead atoms. The number of guanidine groups is 1. The zero-order chi connectivity index (χ0) is 16.7. The molecule has 0 amide bonds. The summed E-state index contributed by atoms with van der Waals surface area (Å²) in [5.41, 5.74) is 2.23. The molecule has 0 atom stereocenters. The van der Waals surface area contributed by atoms with Crippen LogP contribution in [0.1, 0.15) is 18.7 Å². The SMILES string of the molecule is C=CCCCN(C)C(=NC)NCCn1c(C)nc2ccccc21.I. The molecule has 0 aliphatic carbocycles. The lowest BCUT2D eigenvalue weighted by Gasteiger charge is -2.22. The van der Waals surface area contributed by atoms with Crippen molar-refractivity contribution in [3.05, 3.63) is 42.7 Å². The Morgan fingerprint density at radius 1 is 1.42 bits per heavy atom. The summed E-state index contributed by atoms with van der Waals surface area (Å²) >= 11 is 0. The van der Waals surface area contributed by atoms with Gasteiger partial charge in [-0.05, 0) is 31.9 Å². The number of nitrogens with one attached hydrogen (secondary N) is 1. The van der Waals surface area contributed by atoms with Gasteiger partial charge in [0, 0.05) is 33.7 Å². The summed E-state index contributed by atoms with van der Waals surface area (Å²) in [5.74, 6) is 1.97. The van der Waals surface area contributed by atoms with Gasteiger partial charge in [0.15, 0.2) is 5.96 Å². The lowest BCUT2D eigenvalue weighted by Crippen LogP contribution is -2.40. The van der Waals surface area contributed by atoms with Gasteiger partial charge in [0.1, 0.15) is 5.82 Å². The van der Waals surface area contributed by atoms with Crippen molar-refractivity contribution >= 4 is 41.0 Å². The number of hydrogen-bond donors (Lipinski definition) is 1. The molecule has 132 valence electrons. The number of aliphatic imine (C=N–C) groups is 1. The Balaban J connectivity index is 0.00000288. The summed E-state index contributed by atoms with van der Waals surface area (Å²) < 4.78 is 2.24. The van der Waals surface area contributed by atoms with E-state index in [9.17, 15) is 0 Å². The molecule has 5 nitrogen and oxygen atoms in total. The highest BCUT2D eigenvalue weighted by molar-refractivity contribution is 14.0. The number of benzene rings is 1. The molecule has 0 unspecified atom stereocenters. The maximum absolute atomic E-state index is 4.60. The minimum Gasteiger partial charge on any atom is -0.354 e. The third-order valence-electron chi connectivity index (χ3n) is 3.94. The van der Waals surface area contributed by atoms with Crippen molar-refractivity contribution in [2.24, 2.45) is 4.99 Å². The first-order valence-corrected chi connectivity index (χ1v) is 8.12. The maximum Gasteiger partial charge on any atom is 0.193 e. The van der Waals surface area contributed by atoms with Gasteiger partial charge in [-0.25, -0.2) is 4.98 Å². The molecule has 1 aromatic carbocycles. The number of rotatable bonds is 7. The predicted molar refractivity (Wildman–Crippen MR) is 113 cm³/mol. The van der Waals surface area contributed by atoms with Crippen LogP contribution in [-0.4, -0.2) is 47.6 Å². The molecule has 0 aliphatic rings. The Morgan fingerprint density at radius 3 is 2.88 bits per heavy atom. The van der Waals surface area contributed by atoms with Crippen molar-refractivity contribution in [1.29, 1.82) is 0 Å². The molecule has 1 heterocycles. The molecule has 0 fully saturated rings. The first-order chi connectivity index (χ1) is 11.2. The fourth-order valence-corrected chi connectivity index (χ4v) is 2.72. The Bertz CT molecular complexity index is 677. The quantitative estimate of drug-likeness (QED) is 0.236. The molecule has 24 heavy (non-hydrogen) atoms. The van der Waals surface area contributed by atoms with E-state index in [4.69, 9.17) is 0 Å². The van der Waals surface area contributed by atoms with Gasteiger partial charge in [-0.15, -0.1) is 30.6 Å². The summed E-state index contributed by atoms with van der Waals surface area (Å²) in [6.07, 6.45) is 4.07. The summed E-state index contributed by atoms with van der Waals surface area (Å²) in [4.78, 5) is 11.1. The van der Waals surface area contributed by atoms with E-state index in [0.29, 0.717) is 0 Å². The average Bonchev–Trinajstić information content (AvgIpc) is 2.87. The van der Waals surface area contributed by atoms with E-state index in [1.165, 1.54) is 5.52 Å². The lowest BCUT2D eigenvalue weighted by atomic mass is 10.3. The van der Waals surface area contributed by atoms with Crippen molar-refractivity contribution in [3.8, 4) is 0 Å². The monoisotopic (exact) mass is 441 g/mol. The minimum atomic E-state index is 0. The van der Waals surface area contributed by atoms with Crippen LogP contribution in [0.5, 0.6) is 0 Å². The van der Waals surface area contributed by atoms with Crippen LogP contribution in [0, 0.1) is 6.92 Å². The number of halogens is 1. The molecule has 0 saturated carbocycles. The molecular formula is C18H28IN5. The Kier molecular flexibility index (Phi) is 8.81. The van der Waals surface area contributed by atoms with Gasteiger partial charge >= 0.3 is 0 Å². The first kappa shape index (κ1) is 20.5. The van der Waals surface area contributed by atoms with Crippen LogP contribution in [-0.2, 0) is 6.54 Å². The number of nitrogens with zero attached hydrogens (tertiary/aromatic N) is 4. The van der Waals surface area contributed by atoms with Gasteiger partial charge in [0.05, 0.1) is 11.0 Å². The van der Waals surface area contributed by atoms with Crippen molar-refractivity contribution in [2.75, 3.05) is 27.2 Å². The summed E-state index contributed by atoms with van der Waals surface area (Å²) in [7, 11) is 3.89. The van der Waals surface area contributed by atoms with Crippen molar-refractivity contribution < 1.29 is 0 Å². The van der Waals surface area contributed by atoms with Gasteiger partial charge < -0.3 is 14.8 Å². The molecule has 0 aliphatic heterocycles. The fraction of sp³-hybridized carbons (Fsp3) is 0.444.